The molecular formula is C29H42O9. The summed E-state index contributed by atoms with van der Waals surface area (Å²) in [7, 11) is 1.53. The molecule has 2 spiro atoms. The van der Waals surface area contributed by atoms with Crippen molar-refractivity contribution in [1.29, 1.82) is 0 Å². The van der Waals surface area contributed by atoms with Gasteiger partial charge in [-0.15, -0.1) is 0 Å². The molecule has 9 nitrogen and oxygen atoms in total. The molecular weight excluding hydrogens is 492 g/mol. The zero-order valence-electron chi connectivity index (χ0n) is 23.2. The molecule has 3 saturated heterocycles. The maximum atomic E-state index is 13.8. The molecule has 0 bridgehead atoms. The summed E-state index contributed by atoms with van der Waals surface area (Å²) in [6.45, 7) is 9.48. The Bertz CT molecular complexity index is 1090. The second-order valence-corrected chi connectivity index (χ2v) is 14.3. The van der Waals surface area contributed by atoms with Gasteiger partial charge in [0.1, 0.15) is 29.2 Å². The van der Waals surface area contributed by atoms with Crippen molar-refractivity contribution in [2.75, 3.05) is 7.11 Å². The summed E-state index contributed by atoms with van der Waals surface area (Å²) in [6.07, 6.45) is -0.297. The van der Waals surface area contributed by atoms with Crippen molar-refractivity contribution in [2.45, 2.75) is 114 Å². The first-order chi connectivity index (χ1) is 17.7. The molecule has 212 valence electrons. The Balaban J connectivity index is 1.26. The van der Waals surface area contributed by atoms with Gasteiger partial charge in [0, 0.05) is 25.4 Å². The molecule has 0 aromatic rings. The van der Waals surface area contributed by atoms with Gasteiger partial charge in [0.2, 0.25) is 5.79 Å². The standard InChI is InChI=1S/C29H42O9/c1-12-13(2)29(38-23(12)32)24(33)27(5,34)21-17(36-29)10-16-14-9-20-28(37-20)22(31)18(35-6)11-19(30)26(28,4)15(14)7-8-25(16,21)3/h12-18,20-22,24,31,33-34H,7-11H2,1-6H3/t12-,13-,14-,15+,16+,17+,18+,20-,21+,22+,24+,25+,26+,27-,28+,29?/m1/s1. The molecule has 38 heavy (non-hydrogen) atoms. The van der Waals surface area contributed by atoms with Gasteiger partial charge in [-0.1, -0.05) is 20.8 Å². The van der Waals surface area contributed by atoms with Crippen molar-refractivity contribution < 1.29 is 43.9 Å². The van der Waals surface area contributed by atoms with E-state index in [0.29, 0.717) is 6.42 Å². The van der Waals surface area contributed by atoms with E-state index in [1.807, 2.05) is 13.8 Å². The summed E-state index contributed by atoms with van der Waals surface area (Å²) in [4.78, 5) is 26.3. The van der Waals surface area contributed by atoms with Crippen LogP contribution in [0.5, 0.6) is 0 Å². The molecule has 0 aromatic heterocycles. The van der Waals surface area contributed by atoms with Crippen LogP contribution in [0.15, 0.2) is 0 Å². The van der Waals surface area contributed by atoms with Crippen LogP contribution in [0.3, 0.4) is 0 Å². The van der Waals surface area contributed by atoms with Crippen LogP contribution >= 0.6 is 0 Å². The number of rotatable bonds is 1. The van der Waals surface area contributed by atoms with E-state index in [0.717, 1.165) is 19.3 Å². The third-order valence-corrected chi connectivity index (χ3v) is 13.2. The van der Waals surface area contributed by atoms with Gasteiger partial charge in [0.25, 0.3) is 0 Å². The van der Waals surface area contributed by atoms with Crippen molar-refractivity contribution in [3.8, 4) is 0 Å². The lowest BCUT2D eigenvalue weighted by molar-refractivity contribution is -0.368. The summed E-state index contributed by atoms with van der Waals surface area (Å²) >= 11 is 0. The van der Waals surface area contributed by atoms with Crippen LogP contribution in [-0.4, -0.2) is 81.7 Å². The van der Waals surface area contributed by atoms with Gasteiger partial charge in [-0.2, -0.15) is 0 Å². The van der Waals surface area contributed by atoms with E-state index in [9.17, 15) is 24.9 Å². The molecule has 4 aliphatic carbocycles. The summed E-state index contributed by atoms with van der Waals surface area (Å²) < 4.78 is 24.2. The molecule has 3 heterocycles. The molecule has 0 amide bonds. The Kier molecular flexibility index (Phi) is 5.03. The number of carbonyl (C=O) groups is 2. The molecule has 9 heteroatoms. The molecule has 1 unspecified atom stereocenters. The first kappa shape index (κ1) is 25.8. The molecule has 7 fully saturated rings. The van der Waals surface area contributed by atoms with Crippen LogP contribution < -0.4 is 0 Å². The fraction of sp³-hybridized carbons (Fsp3) is 0.931. The predicted molar refractivity (Wildman–Crippen MR) is 131 cm³/mol. The monoisotopic (exact) mass is 534 g/mol. The number of ether oxygens (including phenoxy) is 4. The van der Waals surface area contributed by atoms with E-state index in [1.54, 1.807) is 13.8 Å². The molecule has 7 rings (SSSR count). The fourth-order valence-electron chi connectivity index (χ4n) is 11.1. The summed E-state index contributed by atoms with van der Waals surface area (Å²) in [5.41, 5.74) is -3.57. The molecule has 3 aliphatic heterocycles. The number of hydrogen-bond acceptors (Lipinski definition) is 9. The first-order valence-electron chi connectivity index (χ1n) is 14.4. The predicted octanol–water partition coefficient (Wildman–Crippen LogP) is 1.59. The fourth-order valence-corrected chi connectivity index (χ4v) is 11.1. The minimum absolute atomic E-state index is 0.0338. The Morgan fingerprint density at radius 3 is 2.37 bits per heavy atom. The second kappa shape index (κ2) is 7.39. The third-order valence-electron chi connectivity index (χ3n) is 13.2. The van der Waals surface area contributed by atoms with Crippen LogP contribution in [0.25, 0.3) is 0 Å². The average Bonchev–Trinajstić information content (AvgIpc) is 3.46. The zero-order valence-corrected chi connectivity index (χ0v) is 23.2. The van der Waals surface area contributed by atoms with Gasteiger partial charge >= 0.3 is 5.97 Å². The SMILES string of the molecule is CO[C@H]1CC(=O)[C@]2(C)[C@H]3CC[C@]4(C)[C@@H]5[C@H](C[C@H]4[C@@H]3C[C@H]3O[C@]32[C@H]1O)OC1(OC(=O)[C@H](C)[C@H]1C)[C@@H](O)[C@]5(C)O. The van der Waals surface area contributed by atoms with Crippen molar-refractivity contribution >= 4 is 11.8 Å². The van der Waals surface area contributed by atoms with E-state index in [1.165, 1.54) is 7.11 Å². The topological polar surface area (TPSA) is 135 Å². The Hall–Kier alpha value is -1.10. The number of Topliss-reactive ketones (excluding diaryl/α,β-unsaturated/α-hetero) is 1. The largest absolute Gasteiger partial charge is 0.429 e. The lowest BCUT2D eigenvalue weighted by atomic mass is 9.43. The number of carbonyl (C=O) groups excluding carboxylic acids is 2. The average molecular weight is 535 g/mol. The summed E-state index contributed by atoms with van der Waals surface area (Å²) in [5.74, 6) is -2.79. The van der Waals surface area contributed by atoms with Gasteiger partial charge < -0.3 is 34.3 Å². The number of ketones is 1. The number of esters is 1. The number of fused-ring (bicyclic) bond motifs is 6. The van der Waals surface area contributed by atoms with Crippen molar-refractivity contribution in [3.05, 3.63) is 0 Å². The molecule has 16 atom stereocenters. The molecule has 3 N–H and O–H groups in total. The van der Waals surface area contributed by atoms with Crippen molar-refractivity contribution in [1.82, 2.24) is 0 Å². The van der Waals surface area contributed by atoms with Crippen molar-refractivity contribution in [2.24, 2.45) is 46.3 Å². The Morgan fingerprint density at radius 1 is 1.03 bits per heavy atom. The Labute approximate surface area is 223 Å². The van der Waals surface area contributed by atoms with Gasteiger partial charge in [-0.3, -0.25) is 9.59 Å². The zero-order chi connectivity index (χ0) is 27.4. The van der Waals surface area contributed by atoms with Gasteiger partial charge in [-0.25, -0.2) is 0 Å². The van der Waals surface area contributed by atoms with E-state index in [4.69, 9.17) is 18.9 Å². The van der Waals surface area contributed by atoms with Gasteiger partial charge in [-0.05, 0) is 62.7 Å². The second-order valence-electron chi connectivity index (χ2n) is 14.3. The summed E-state index contributed by atoms with van der Waals surface area (Å²) in [5, 5.41) is 34.9. The number of aliphatic hydroxyl groups is 3. The highest BCUT2D eigenvalue weighted by atomic mass is 16.7. The lowest BCUT2D eigenvalue weighted by Gasteiger charge is -2.61. The molecule has 4 saturated carbocycles. The van der Waals surface area contributed by atoms with Crippen LogP contribution in [0.4, 0.5) is 0 Å². The number of epoxide rings is 1. The number of methoxy groups -OCH3 is 1. The van der Waals surface area contributed by atoms with E-state index >= 15 is 0 Å². The number of aliphatic hydroxyl groups excluding tert-OH is 2. The first-order valence-corrected chi connectivity index (χ1v) is 14.4. The minimum Gasteiger partial charge on any atom is -0.429 e. The highest BCUT2D eigenvalue weighted by Gasteiger charge is 2.83. The highest BCUT2D eigenvalue weighted by molar-refractivity contribution is 5.89. The molecule has 7 aliphatic rings. The molecule has 0 radical (unpaired) electrons. The van der Waals surface area contributed by atoms with Crippen molar-refractivity contribution in [3.63, 3.8) is 0 Å². The van der Waals surface area contributed by atoms with Crippen LogP contribution in [0, 0.1) is 46.3 Å². The van der Waals surface area contributed by atoms with Gasteiger partial charge in [0.15, 0.2) is 0 Å². The summed E-state index contributed by atoms with van der Waals surface area (Å²) in [6, 6.07) is 0. The quantitative estimate of drug-likeness (QED) is 0.339. The maximum absolute atomic E-state index is 13.8. The maximum Gasteiger partial charge on any atom is 0.311 e. The highest BCUT2D eigenvalue weighted by Crippen LogP contribution is 2.75. The van der Waals surface area contributed by atoms with Crippen LogP contribution in [0.1, 0.15) is 66.7 Å². The van der Waals surface area contributed by atoms with Crippen LogP contribution in [-0.2, 0) is 28.5 Å². The minimum atomic E-state index is -1.57. The third kappa shape index (κ3) is 2.57. The van der Waals surface area contributed by atoms with E-state index in [-0.39, 0.29) is 47.4 Å². The number of hydrogen-bond donors (Lipinski definition) is 3. The van der Waals surface area contributed by atoms with Crippen LogP contribution in [0.2, 0.25) is 0 Å². The lowest BCUT2D eigenvalue weighted by Crippen LogP contribution is -2.71. The Morgan fingerprint density at radius 2 is 1.74 bits per heavy atom. The van der Waals surface area contributed by atoms with E-state index in [2.05, 4.69) is 6.92 Å². The smallest absolute Gasteiger partial charge is 0.311 e. The van der Waals surface area contributed by atoms with E-state index < -0.39 is 64.6 Å². The van der Waals surface area contributed by atoms with Gasteiger partial charge in [0.05, 0.1) is 29.6 Å². The molecule has 0 aromatic carbocycles. The normalized spacial score (nSPS) is 64.4.